The maximum absolute atomic E-state index is 5.94. The summed E-state index contributed by atoms with van der Waals surface area (Å²) in [6.45, 7) is 5.28. The summed E-state index contributed by atoms with van der Waals surface area (Å²) >= 11 is 0. The zero-order chi connectivity index (χ0) is 18.6. The first kappa shape index (κ1) is 18.0. The fourth-order valence-electron chi connectivity index (χ4n) is 3.65. The maximum Gasteiger partial charge on any atom is 0.137 e. The Labute approximate surface area is 160 Å². The summed E-state index contributed by atoms with van der Waals surface area (Å²) in [5.74, 6) is 0.922. The number of nitrogens with one attached hydrogen (secondary N) is 1. The number of benzene rings is 1. The monoisotopic (exact) mass is 365 g/mol. The number of likely N-dealkylation sites (N-methyl/N-ethyl adjacent to an activating group) is 1. The summed E-state index contributed by atoms with van der Waals surface area (Å²) in [6.07, 6.45) is 4.18. The molecule has 1 aliphatic heterocycles. The number of fused-ring (bicyclic) bond motifs is 1. The van der Waals surface area contributed by atoms with Crippen molar-refractivity contribution in [2.24, 2.45) is 0 Å². The topological polar surface area (TPSA) is 50.4 Å². The minimum absolute atomic E-state index is 0.159. The molecule has 0 aliphatic carbocycles. The Morgan fingerprint density at radius 1 is 1.26 bits per heavy atom. The standard InChI is InChI=1S/C22H27N3O2/c1-16-7-9-17(10-8-16)26-14-12-25(2)15-19-18-5-3-11-23-22(18)24-21(19)20-6-4-13-27-20/h3,5,7-11,20H,4,6,12-15H2,1-2H3,(H,23,24)/t20-/m0/s1. The van der Waals surface area contributed by atoms with Crippen LogP contribution in [0.15, 0.2) is 42.6 Å². The number of nitrogens with zero attached hydrogens (tertiary/aromatic N) is 2. The number of rotatable bonds is 7. The number of aromatic amines is 1. The summed E-state index contributed by atoms with van der Waals surface area (Å²) in [5, 5.41) is 1.19. The fourth-order valence-corrected chi connectivity index (χ4v) is 3.65. The van der Waals surface area contributed by atoms with E-state index in [1.54, 1.807) is 0 Å². The van der Waals surface area contributed by atoms with Gasteiger partial charge >= 0.3 is 0 Å². The predicted octanol–water partition coefficient (Wildman–Crippen LogP) is 4.23. The normalized spacial score (nSPS) is 17.1. The Kier molecular flexibility index (Phi) is 5.41. The first-order valence-electron chi connectivity index (χ1n) is 9.66. The Morgan fingerprint density at radius 3 is 2.89 bits per heavy atom. The van der Waals surface area contributed by atoms with E-state index >= 15 is 0 Å². The second-order valence-electron chi connectivity index (χ2n) is 7.32. The largest absolute Gasteiger partial charge is 0.492 e. The molecular weight excluding hydrogens is 338 g/mol. The molecule has 27 heavy (non-hydrogen) atoms. The van der Waals surface area contributed by atoms with Gasteiger partial charge in [-0.2, -0.15) is 0 Å². The molecule has 0 radical (unpaired) electrons. The molecule has 3 aromatic rings. The van der Waals surface area contributed by atoms with Crippen LogP contribution in [0.3, 0.4) is 0 Å². The summed E-state index contributed by atoms with van der Waals surface area (Å²) in [7, 11) is 2.13. The number of hydrogen-bond donors (Lipinski definition) is 1. The molecule has 4 rings (SSSR count). The molecule has 5 heteroatoms. The lowest BCUT2D eigenvalue weighted by molar-refractivity contribution is 0.107. The summed E-state index contributed by atoms with van der Waals surface area (Å²) < 4.78 is 11.8. The molecule has 1 atom stereocenters. The first-order valence-corrected chi connectivity index (χ1v) is 9.66. The third-order valence-corrected chi connectivity index (χ3v) is 5.15. The number of hydrogen-bond acceptors (Lipinski definition) is 4. The number of aromatic nitrogens is 2. The van der Waals surface area contributed by atoms with Crippen molar-refractivity contribution in [3.63, 3.8) is 0 Å². The van der Waals surface area contributed by atoms with Crippen molar-refractivity contribution in [1.29, 1.82) is 0 Å². The van der Waals surface area contributed by atoms with Gasteiger partial charge in [0.05, 0.1) is 11.8 Å². The Hall–Kier alpha value is -2.37. The molecule has 0 bridgehead atoms. The van der Waals surface area contributed by atoms with E-state index in [0.717, 1.165) is 43.9 Å². The lowest BCUT2D eigenvalue weighted by atomic mass is 10.1. The number of H-pyrrole nitrogens is 1. The molecule has 1 fully saturated rings. The average molecular weight is 365 g/mol. The van der Waals surface area contributed by atoms with Crippen molar-refractivity contribution in [2.45, 2.75) is 32.4 Å². The van der Waals surface area contributed by atoms with Crippen molar-refractivity contribution in [3.8, 4) is 5.75 Å². The van der Waals surface area contributed by atoms with E-state index in [2.05, 4.69) is 47.0 Å². The maximum atomic E-state index is 5.94. The van der Waals surface area contributed by atoms with Crippen LogP contribution >= 0.6 is 0 Å². The van der Waals surface area contributed by atoms with Gasteiger partial charge in [0.1, 0.15) is 18.0 Å². The molecule has 0 unspecified atom stereocenters. The smallest absolute Gasteiger partial charge is 0.137 e. The van der Waals surface area contributed by atoms with Gasteiger partial charge < -0.3 is 14.5 Å². The van der Waals surface area contributed by atoms with E-state index < -0.39 is 0 Å². The van der Waals surface area contributed by atoms with Gasteiger partial charge in [0, 0.05) is 31.3 Å². The summed E-state index contributed by atoms with van der Waals surface area (Å²) in [4.78, 5) is 10.3. The van der Waals surface area contributed by atoms with Gasteiger partial charge in [-0.25, -0.2) is 4.98 Å². The fraction of sp³-hybridized carbons (Fsp3) is 0.409. The predicted molar refractivity (Wildman–Crippen MR) is 107 cm³/mol. The van der Waals surface area contributed by atoms with Gasteiger partial charge in [-0.3, -0.25) is 4.90 Å². The average Bonchev–Trinajstić information content (AvgIpc) is 3.32. The summed E-state index contributed by atoms with van der Waals surface area (Å²) in [6, 6.07) is 12.3. The molecule has 3 heterocycles. The van der Waals surface area contributed by atoms with E-state index in [4.69, 9.17) is 9.47 Å². The van der Waals surface area contributed by atoms with Crippen LogP contribution in [0.1, 0.15) is 35.8 Å². The van der Waals surface area contributed by atoms with Gasteiger partial charge in [0.25, 0.3) is 0 Å². The second kappa shape index (κ2) is 8.11. The lowest BCUT2D eigenvalue weighted by Crippen LogP contribution is -2.24. The number of ether oxygens (including phenoxy) is 2. The van der Waals surface area contributed by atoms with E-state index in [-0.39, 0.29) is 6.10 Å². The zero-order valence-electron chi connectivity index (χ0n) is 16.1. The quantitative estimate of drug-likeness (QED) is 0.681. The van der Waals surface area contributed by atoms with Gasteiger partial charge in [-0.15, -0.1) is 0 Å². The Balaban J connectivity index is 1.43. The number of aryl methyl sites for hydroxylation is 1. The third kappa shape index (κ3) is 4.15. The van der Waals surface area contributed by atoms with E-state index in [9.17, 15) is 0 Å². The van der Waals surface area contributed by atoms with Crippen LogP contribution < -0.4 is 4.74 Å². The van der Waals surface area contributed by atoms with Gasteiger partial charge in [-0.05, 0) is 56.6 Å². The van der Waals surface area contributed by atoms with Crippen LogP contribution in [0, 0.1) is 6.92 Å². The van der Waals surface area contributed by atoms with Crippen molar-refractivity contribution >= 4 is 11.0 Å². The Morgan fingerprint density at radius 2 is 2.11 bits per heavy atom. The highest BCUT2D eigenvalue weighted by Gasteiger charge is 2.24. The van der Waals surface area contributed by atoms with Crippen LogP contribution in [0.25, 0.3) is 11.0 Å². The van der Waals surface area contributed by atoms with Gasteiger partial charge in [0.2, 0.25) is 0 Å². The van der Waals surface area contributed by atoms with Crippen LogP contribution in [0.5, 0.6) is 5.75 Å². The first-order chi connectivity index (χ1) is 13.2. The highest BCUT2D eigenvalue weighted by molar-refractivity contribution is 5.81. The minimum atomic E-state index is 0.159. The van der Waals surface area contributed by atoms with E-state index in [1.807, 2.05) is 24.4 Å². The van der Waals surface area contributed by atoms with Crippen LogP contribution in [-0.4, -0.2) is 41.7 Å². The molecule has 142 valence electrons. The minimum Gasteiger partial charge on any atom is -0.492 e. The molecule has 1 aromatic carbocycles. The van der Waals surface area contributed by atoms with Crippen molar-refractivity contribution in [3.05, 3.63) is 59.4 Å². The lowest BCUT2D eigenvalue weighted by Gasteiger charge is -2.19. The number of pyridine rings is 1. The van der Waals surface area contributed by atoms with E-state index in [0.29, 0.717) is 6.61 Å². The second-order valence-corrected chi connectivity index (χ2v) is 7.32. The third-order valence-electron chi connectivity index (χ3n) is 5.15. The van der Waals surface area contributed by atoms with E-state index in [1.165, 1.54) is 22.2 Å². The SMILES string of the molecule is Cc1ccc(OCCN(C)Cc2c([C@@H]3CCCO3)[nH]c3ncccc23)cc1. The molecule has 0 spiro atoms. The highest BCUT2D eigenvalue weighted by atomic mass is 16.5. The van der Waals surface area contributed by atoms with Crippen molar-refractivity contribution in [1.82, 2.24) is 14.9 Å². The highest BCUT2D eigenvalue weighted by Crippen LogP contribution is 2.34. The molecule has 1 saturated heterocycles. The molecule has 0 saturated carbocycles. The molecule has 2 aromatic heterocycles. The van der Waals surface area contributed by atoms with Crippen LogP contribution in [0.2, 0.25) is 0 Å². The molecule has 0 amide bonds. The molecule has 1 N–H and O–H groups in total. The summed E-state index contributed by atoms with van der Waals surface area (Å²) in [5.41, 5.74) is 4.67. The van der Waals surface area contributed by atoms with Gasteiger partial charge in [0.15, 0.2) is 0 Å². The van der Waals surface area contributed by atoms with Crippen LogP contribution in [0.4, 0.5) is 0 Å². The Bertz CT molecular complexity index is 882. The molecule has 5 nitrogen and oxygen atoms in total. The molecule has 1 aliphatic rings. The molecular formula is C22H27N3O2. The van der Waals surface area contributed by atoms with Crippen molar-refractivity contribution in [2.75, 3.05) is 26.8 Å². The van der Waals surface area contributed by atoms with Crippen molar-refractivity contribution < 1.29 is 9.47 Å². The van der Waals surface area contributed by atoms with Gasteiger partial charge in [-0.1, -0.05) is 17.7 Å². The zero-order valence-corrected chi connectivity index (χ0v) is 16.1. The van der Waals surface area contributed by atoms with Crippen LogP contribution in [-0.2, 0) is 11.3 Å².